The number of barbiturate groups is 1. The normalized spacial score (nSPS) is 15.4. The molecule has 1 aliphatic heterocycles. The van der Waals surface area contributed by atoms with Crippen LogP contribution < -0.4 is 15.0 Å². The molecule has 2 aromatic carbocycles. The van der Waals surface area contributed by atoms with Gasteiger partial charge in [0.1, 0.15) is 5.57 Å². The third-order valence-electron chi connectivity index (χ3n) is 4.42. The Morgan fingerprint density at radius 1 is 1.14 bits per heavy atom. The van der Waals surface area contributed by atoms with Crippen LogP contribution in [0.3, 0.4) is 0 Å². The second kappa shape index (κ2) is 7.93. The highest BCUT2D eigenvalue weighted by atomic mass is 16.6. The summed E-state index contributed by atoms with van der Waals surface area (Å²) in [6.45, 7) is 1.97. The smallest absolute Gasteiger partial charge is 0.335 e. The summed E-state index contributed by atoms with van der Waals surface area (Å²) in [4.78, 5) is 48.7. The maximum atomic E-state index is 12.9. The molecule has 4 amide bonds. The number of rotatable bonds is 5. The van der Waals surface area contributed by atoms with E-state index in [9.17, 15) is 24.5 Å². The van der Waals surface area contributed by atoms with E-state index in [1.165, 1.54) is 31.4 Å². The Bertz CT molecular complexity index is 1040. The molecule has 0 aromatic heterocycles. The van der Waals surface area contributed by atoms with Gasteiger partial charge in [-0.05, 0) is 41.8 Å². The Labute approximate surface area is 165 Å². The van der Waals surface area contributed by atoms with Gasteiger partial charge in [-0.2, -0.15) is 0 Å². The van der Waals surface area contributed by atoms with Crippen LogP contribution >= 0.6 is 0 Å². The Balaban J connectivity index is 2.01. The third kappa shape index (κ3) is 3.84. The Morgan fingerprint density at radius 3 is 2.41 bits per heavy atom. The molecule has 29 heavy (non-hydrogen) atoms. The fourth-order valence-electron chi connectivity index (χ4n) is 2.88. The number of urea groups is 1. The van der Waals surface area contributed by atoms with E-state index in [1.807, 2.05) is 6.92 Å². The van der Waals surface area contributed by atoms with Crippen molar-refractivity contribution < 1.29 is 24.0 Å². The molecule has 2 aromatic rings. The van der Waals surface area contributed by atoms with E-state index in [1.54, 1.807) is 24.3 Å². The number of methoxy groups -OCH3 is 1. The number of nitro groups is 1. The van der Waals surface area contributed by atoms with E-state index in [2.05, 4.69) is 5.32 Å². The van der Waals surface area contributed by atoms with Crippen molar-refractivity contribution in [2.45, 2.75) is 13.3 Å². The number of carbonyl (C=O) groups excluding carboxylic acids is 3. The summed E-state index contributed by atoms with van der Waals surface area (Å²) in [6, 6.07) is 9.94. The molecule has 9 nitrogen and oxygen atoms in total. The van der Waals surface area contributed by atoms with Crippen LogP contribution in [0, 0.1) is 10.1 Å². The van der Waals surface area contributed by atoms with E-state index >= 15 is 0 Å². The Hall–Kier alpha value is -4.01. The van der Waals surface area contributed by atoms with Gasteiger partial charge in [-0.15, -0.1) is 0 Å². The van der Waals surface area contributed by atoms with Crippen molar-refractivity contribution in [1.82, 2.24) is 5.32 Å². The van der Waals surface area contributed by atoms with E-state index in [0.29, 0.717) is 5.69 Å². The molecule has 1 fully saturated rings. The predicted octanol–water partition coefficient (Wildman–Crippen LogP) is 2.83. The summed E-state index contributed by atoms with van der Waals surface area (Å²) in [5.41, 5.74) is 0.948. The molecule has 0 saturated carbocycles. The molecular weight excluding hydrogens is 378 g/mol. The molecule has 0 spiro atoms. The zero-order valence-electron chi connectivity index (χ0n) is 15.7. The van der Waals surface area contributed by atoms with Crippen LogP contribution in [0.5, 0.6) is 5.75 Å². The molecule has 3 rings (SSSR count). The number of amides is 4. The number of nitrogens with zero attached hydrogens (tertiary/aromatic N) is 2. The topological polar surface area (TPSA) is 119 Å². The molecule has 0 radical (unpaired) electrons. The number of nitrogens with one attached hydrogen (secondary N) is 1. The molecule has 1 N–H and O–H groups in total. The maximum absolute atomic E-state index is 12.9. The van der Waals surface area contributed by atoms with Crippen molar-refractivity contribution in [3.63, 3.8) is 0 Å². The van der Waals surface area contributed by atoms with Gasteiger partial charge in [0.05, 0.1) is 17.7 Å². The first-order valence-electron chi connectivity index (χ1n) is 8.68. The highest BCUT2D eigenvalue weighted by molar-refractivity contribution is 6.39. The first-order chi connectivity index (χ1) is 13.8. The molecule has 0 bridgehead atoms. The summed E-state index contributed by atoms with van der Waals surface area (Å²) >= 11 is 0. The molecule has 1 saturated heterocycles. The lowest BCUT2D eigenvalue weighted by molar-refractivity contribution is -0.385. The van der Waals surface area contributed by atoms with Crippen LogP contribution in [0.1, 0.15) is 18.1 Å². The fourth-order valence-corrected chi connectivity index (χ4v) is 2.88. The van der Waals surface area contributed by atoms with Gasteiger partial charge in [-0.1, -0.05) is 25.1 Å². The largest absolute Gasteiger partial charge is 0.490 e. The van der Waals surface area contributed by atoms with Crippen LogP contribution in [-0.4, -0.2) is 29.9 Å². The van der Waals surface area contributed by atoms with Crippen molar-refractivity contribution in [2.75, 3.05) is 12.0 Å². The van der Waals surface area contributed by atoms with Crippen molar-refractivity contribution in [3.05, 3.63) is 69.3 Å². The van der Waals surface area contributed by atoms with Crippen LogP contribution in [0.4, 0.5) is 16.2 Å². The van der Waals surface area contributed by atoms with Crippen LogP contribution in [0.25, 0.3) is 6.08 Å². The molecule has 0 aliphatic carbocycles. The summed E-state index contributed by atoms with van der Waals surface area (Å²) in [5, 5.41) is 13.3. The standard InChI is InChI=1S/C20H17N3O6/c1-3-12-4-7-14(8-5-12)22-19(25)15(18(24)21-20(22)26)10-13-6-9-17(29-2)16(11-13)23(27)28/h4-11H,3H2,1-2H3,(H,21,24,26)/b15-10+. The van der Waals surface area contributed by atoms with Crippen molar-refractivity contribution in [2.24, 2.45) is 0 Å². The lowest BCUT2D eigenvalue weighted by atomic mass is 10.1. The minimum atomic E-state index is -0.875. The molecule has 1 heterocycles. The quantitative estimate of drug-likeness (QED) is 0.360. The van der Waals surface area contributed by atoms with Gasteiger partial charge in [0, 0.05) is 6.07 Å². The lowest BCUT2D eigenvalue weighted by Gasteiger charge is -2.26. The number of nitro benzene ring substituents is 1. The van der Waals surface area contributed by atoms with Crippen molar-refractivity contribution in [1.29, 1.82) is 0 Å². The lowest BCUT2D eigenvalue weighted by Crippen LogP contribution is -2.54. The Morgan fingerprint density at radius 2 is 1.83 bits per heavy atom. The third-order valence-corrected chi connectivity index (χ3v) is 4.42. The van der Waals surface area contributed by atoms with Gasteiger partial charge < -0.3 is 4.74 Å². The number of ether oxygens (including phenoxy) is 1. The zero-order chi connectivity index (χ0) is 21.1. The second-order valence-corrected chi connectivity index (χ2v) is 6.17. The van der Waals surface area contributed by atoms with E-state index in [-0.39, 0.29) is 22.6 Å². The van der Waals surface area contributed by atoms with Crippen molar-refractivity contribution >= 4 is 35.3 Å². The average Bonchev–Trinajstić information content (AvgIpc) is 2.71. The van der Waals surface area contributed by atoms with Crippen LogP contribution in [0.2, 0.25) is 0 Å². The summed E-state index contributed by atoms with van der Waals surface area (Å²) in [7, 11) is 1.30. The number of carbonyl (C=O) groups is 3. The number of anilines is 1. The predicted molar refractivity (Wildman–Crippen MR) is 104 cm³/mol. The summed E-state index contributed by atoms with van der Waals surface area (Å²) < 4.78 is 4.94. The molecular formula is C20H17N3O6. The number of imide groups is 2. The van der Waals surface area contributed by atoms with Crippen LogP contribution in [-0.2, 0) is 16.0 Å². The van der Waals surface area contributed by atoms with Gasteiger partial charge in [-0.25, -0.2) is 9.69 Å². The monoisotopic (exact) mass is 395 g/mol. The minimum Gasteiger partial charge on any atom is -0.490 e. The van der Waals surface area contributed by atoms with E-state index in [0.717, 1.165) is 16.9 Å². The van der Waals surface area contributed by atoms with Gasteiger partial charge in [0.25, 0.3) is 11.8 Å². The first-order valence-corrected chi connectivity index (χ1v) is 8.68. The van der Waals surface area contributed by atoms with Gasteiger partial charge in [0.2, 0.25) is 0 Å². The Kier molecular flexibility index (Phi) is 5.40. The molecule has 9 heteroatoms. The first kappa shape index (κ1) is 19.7. The van der Waals surface area contributed by atoms with Gasteiger partial charge in [0.15, 0.2) is 5.75 Å². The highest BCUT2D eigenvalue weighted by Crippen LogP contribution is 2.29. The highest BCUT2D eigenvalue weighted by Gasteiger charge is 2.36. The zero-order valence-corrected chi connectivity index (χ0v) is 15.7. The number of benzene rings is 2. The maximum Gasteiger partial charge on any atom is 0.335 e. The van der Waals surface area contributed by atoms with Crippen LogP contribution in [0.15, 0.2) is 48.0 Å². The molecule has 1 aliphatic rings. The molecule has 148 valence electrons. The molecule has 0 unspecified atom stereocenters. The average molecular weight is 395 g/mol. The summed E-state index contributed by atoms with van der Waals surface area (Å²) in [5.74, 6) is -1.65. The van der Waals surface area contributed by atoms with Crippen molar-refractivity contribution in [3.8, 4) is 5.75 Å². The van der Waals surface area contributed by atoms with E-state index in [4.69, 9.17) is 4.74 Å². The van der Waals surface area contributed by atoms with E-state index < -0.39 is 22.8 Å². The fraction of sp³-hybridized carbons (Fsp3) is 0.150. The van der Waals surface area contributed by atoms with Gasteiger partial charge in [-0.3, -0.25) is 25.0 Å². The summed E-state index contributed by atoms with van der Waals surface area (Å²) in [6.07, 6.45) is 1.99. The van der Waals surface area contributed by atoms with Gasteiger partial charge >= 0.3 is 11.7 Å². The number of hydrogen-bond acceptors (Lipinski definition) is 6. The SMILES string of the molecule is CCc1ccc(N2C(=O)NC(=O)/C(=C\c3ccc(OC)c([N+](=O)[O-])c3)C2=O)cc1. The second-order valence-electron chi connectivity index (χ2n) is 6.17. The number of hydrogen-bond donors (Lipinski definition) is 1. The number of aryl methyl sites for hydroxylation is 1. The minimum absolute atomic E-state index is 0.0457. The molecule has 0 atom stereocenters.